The average Bonchev–Trinajstić information content (AvgIpc) is 2.49. The van der Waals surface area contributed by atoms with Crippen LogP contribution in [0.2, 0.25) is 0 Å². The second-order valence-electron chi connectivity index (χ2n) is 3.27. The Morgan fingerprint density at radius 1 is 1.58 bits per heavy atom. The third kappa shape index (κ3) is 1.16. The van der Waals surface area contributed by atoms with Crippen molar-refractivity contribution in [2.75, 3.05) is 13.1 Å². The Kier molecular flexibility index (Phi) is 1.73. The third-order valence-electron chi connectivity index (χ3n) is 2.48. The fourth-order valence-electron chi connectivity index (χ4n) is 1.76. The van der Waals surface area contributed by atoms with Crippen LogP contribution in [0.4, 0.5) is 0 Å². The predicted octanol–water partition coefficient (Wildman–Crippen LogP) is 0.547. The molecule has 0 aromatic carbocycles. The quantitative estimate of drug-likeness (QED) is 0.596. The highest BCUT2D eigenvalue weighted by Gasteiger charge is 2.25. The summed E-state index contributed by atoms with van der Waals surface area (Å²) in [6, 6.07) is 0. The van der Waals surface area contributed by atoms with E-state index in [9.17, 15) is 4.79 Å². The molecule has 64 valence electrons. The first kappa shape index (κ1) is 7.55. The van der Waals surface area contributed by atoms with Crippen LogP contribution in [-0.4, -0.2) is 24.2 Å². The molecule has 0 radical (unpaired) electrons. The van der Waals surface area contributed by atoms with Gasteiger partial charge in [0.2, 0.25) is 0 Å². The molecule has 0 aromatic rings. The molecule has 12 heavy (non-hydrogen) atoms. The number of nitrogens with one attached hydrogen (secondary N) is 1. The highest BCUT2D eigenvalue weighted by atomic mass is 16.4. The van der Waals surface area contributed by atoms with Gasteiger partial charge in [-0.3, -0.25) is 0 Å². The number of carbonyl (C=O) groups is 1. The van der Waals surface area contributed by atoms with Crippen molar-refractivity contribution in [1.82, 2.24) is 5.32 Å². The van der Waals surface area contributed by atoms with Gasteiger partial charge in [0.1, 0.15) is 0 Å². The minimum absolute atomic E-state index is 0.432. The number of hydrogen-bond acceptors (Lipinski definition) is 2. The molecule has 2 N–H and O–H groups in total. The Morgan fingerprint density at radius 2 is 2.42 bits per heavy atom. The number of aliphatic carboxylic acids is 1. The molecule has 1 aliphatic carbocycles. The maximum Gasteiger partial charge on any atom is 0.331 e. The maximum absolute atomic E-state index is 10.6. The summed E-state index contributed by atoms with van der Waals surface area (Å²) >= 11 is 0. The third-order valence-corrected chi connectivity index (χ3v) is 2.48. The van der Waals surface area contributed by atoms with Gasteiger partial charge in [0.05, 0.1) is 0 Å². The molecule has 1 heterocycles. The van der Waals surface area contributed by atoms with Gasteiger partial charge in [0.25, 0.3) is 0 Å². The highest BCUT2D eigenvalue weighted by molar-refractivity contribution is 5.87. The highest BCUT2D eigenvalue weighted by Crippen LogP contribution is 2.27. The lowest BCUT2D eigenvalue weighted by Gasteiger charge is -2.14. The number of hydrogen-bond donors (Lipinski definition) is 2. The summed E-state index contributed by atoms with van der Waals surface area (Å²) in [5.41, 5.74) is 1.88. The molecule has 0 amide bonds. The normalized spacial score (nSPS) is 27.5. The summed E-state index contributed by atoms with van der Waals surface area (Å²) in [5.74, 6) is -0.349. The summed E-state index contributed by atoms with van der Waals surface area (Å²) in [7, 11) is 0. The molecule has 3 heteroatoms. The lowest BCUT2D eigenvalue weighted by molar-refractivity contribution is -0.132. The summed E-state index contributed by atoms with van der Waals surface area (Å²) in [5, 5.41) is 12.0. The summed E-state index contributed by atoms with van der Waals surface area (Å²) < 4.78 is 0. The van der Waals surface area contributed by atoms with Crippen molar-refractivity contribution in [2.24, 2.45) is 5.92 Å². The minimum Gasteiger partial charge on any atom is -0.478 e. The van der Waals surface area contributed by atoms with Crippen LogP contribution in [0.1, 0.15) is 6.42 Å². The van der Waals surface area contributed by atoms with E-state index in [0.717, 1.165) is 13.1 Å². The van der Waals surface area contributed by atoms with E-state index in [1.54, 1.807) is 6.08 Å². The van der Waals surface area contributed by atoms with Crippen LogP contribution in [0, 0.1) is 5.92 Å². The van der Waals surface area contributed by atoms with Gasteiger partial charge in [0, 0.05) is 18.7 Å². The molecule has 2 aliphatic rings. The van der Waals surface area contributed by atoms with Gasteiger partial charge in [0.15, 0.2) is 0 Å². The van der Waals surface area contributed by atoms with Gasteiger partial charge in [-0.25, -0.2) is 4.79 Å². The van der Waals surface area contributed by atoms with E-state index >= 15 is 0 Å². The molecule has 1 aliphatic heterocycles. The van der Waals surface area contributed by atoms with Crippen molar-refractivity contribution in [1.29, 1.82) is 0 Å². The van der Waals surface area contributed by atoms with E-state index in [2.05, 4.69) is 5.32 Å². The van der Waals surface area contributed by atoms with E-state index in [-0.39, 0.29) is 0 Å². The molecule has 0 aromatic heterocycles. The maximum atomic E-state index is 10.6. The van der Waals surface area contributed by atoms with Crippen molar-refractivity contribution in [2.45, 2.75) is 6.42 Å². The van der Waals surface area contributed by atoms with Crippen molar-refractivity contribution in [3.63, 3.8) is 0 Å². The summed E-state index contributed by atoms with van der Waals surface area (Å²) in [4.78, 5) is 10.6. The predicted molar refractivity (Wildman–Crippen MR) is 44.8 cm³/mol. The molecule has 3 nitrogen and oxygen atoms in total. The van der Waals surface area contributed by atoms with E-state index in [4.69, 9.17) is 5.11 Å². The van der Waals surface area contributed by atoms with Gasteiger partial charge in [-0.1, -0.05) is 17.7 Å². The second-order valence-corrected chi connectivity index (χ2v) is 3.27. The Morgan fingerprint density at radius 3 is 3.17 bits per heavy atom. The SMILES string of the molecule is O=C(O)C1=CC=C2CNCC2C1. The van der Waals surface area contributed by atoms with Crippen molar-refractivity contribution in [3.8, 4) is 0 Å². The van der Waals surface area contributed by atoms with E-state index in [1.165, 1.54) is 5.57 Å². The first-order chi connectivity index (χ1) is 5.77. The lowest BCUT2D eigenvalue weighted by Crippen LogP contribution is -2.13. The molecule has 1 fully saturated rings. The molecule has 0 bridgehead atoms. The standard InChI is InChI=1S/C9H11NO2/c11-9(12)6-1-2-7-4-10-5-8(7)3-6/h1-2,8,10H,3-5H2,(H,11,12). The zero-order chi connectivity index (χ0) is 8.55. The fourth-order valence-corrected chi connectivity index (χ4v) is 1.76. The number of carboxylic acid groups (broad SMARTS) is 1. The van der Waals surface area contributed by atoms with E-state index < -0.39 is 5.97 Å². The van der Waals surface area contributed by atoms with Gasteiger partial charge < -0.3 is 10.4 Å². The van der Waals surface area contributed by atoms with Crippen LogP contribution in [-0.2, 0) is 4.79 Å². The van der Waals surface area contributed by atoms with Gasteiger partial charge >= 0.3 is 5.97 Å². The van der Waals surface area contributed by atoms with Gasteiger partial charge in [-0.2, -0.15) is 0 Å². The van der Waals surface area contributed by atoms with Crippen LogP contribution in [0.5, 0.6) is 0 Å². The van der Waals surface area contributed by atoms with Crippen molar-refractivity contribution in [3.05, 3.63) is 23.3 Å². The Balaban J connectivity index is 2.20. The van der Waals surface area contributed by atoms with Crippen LogP contribution in [0.15, 0.2) is 23.3 Å². The number of allylic oxidation sites excluding steroid dienone is 2. The molecule has 2 rings (SSSR count). The zero-order valence-electron chi connectivity index (χ0n) is 6.71. The van der Waals surface area contributed by atoms with Crippen LogP contribution in [0.25, 0.3) is 0 Å². The summed E-state index contributed by atoms with van der Waals surface area (Å²) in [6.07, 6.45) is 4.35. The fraction of sp³-hybridized carbons (Fsp3) is 0.444. The largest absolute Gasteiger partial charge is 0.478 e. The molecule has 1 saturated heterocycles. The van der Waals surface area contributed by atoms with Crippen molar-refractivity contribution < 1.29 is 9.90 Å². The second kappa shape index (κ2) is 2.75. The van der Waals surface area contributed by atoms with Gasteiger partial charge in [-0.05, 0) is 12.3 Å². The van der Waals surface area contributed by atoms with Crippen LogP contribution in [0.3, 0.4) is 0 Å². The van der Waals surface area contributed by atoms with Gasteiger partial charge in [-0.15, -0.1) is 0 Å². The summed E-state index contributed by atoms with van der Waals surface area (Å²) in [6.45, 7) is 1.85. The Bertz CT molecular complexity index is 278. The number of rotatable bonds is 1. The zero-order valence-corrected chi connectivity index (χ0v) is 6.71. The van der Waals surface area contributed by atoms with Crippen LogP contribution < -0.4 is 5.32 Å². The Labute approximate surface area is 70.8 Å². The van der Waals surface area contributed by atoms with E-state index in [1.807, 2.05) is 6.08 Å². The molecular formula is C9H11NO2. The minimum atomic E-state index is -0.780. The van der Waals surface area contributed by atoms with E-state index in [0.29, 0.717) is 17.9 Å². The number of carboxylic acids is 1. The molecule has 0 spiro atoms. The molecule has 0 saturated carbocycles. The molecule has 1 atom stereocenters. The average molecular weight is 165 g/mol. The van der Waals surface area contributed by atoms with Crippen molar-refractivity contribution >= 4 is 5.97 Å². The monoisotopic (exact) mass is 165 g/mol. The first-order valence-electron chi connectivity index (χ1n) is 4.11. The molecule has 1 unspecified atom stereocenters. The topological polar surface area (TPSA) is 49.3 Å². The number of fused-ring (bicyclic) bond motifs is 1. The lowest BCUT2D eigenvalue weighted by atomic mass is 9.90. The Hall–Kier alpha value is -1.09. The smallest absolute Gasteiger partial charge is 0.331 e. The first-order valence-corrected chi connectivity index (χ1v) is 4.11. The molecular weight excluding hydrogens is 154 g/mol. The van der Waals surface area contributed by atoms with Crippen LogP contribution >= 0.6 is 0 Å².